The van der Waals surface area contributed by atoms with Crippen molar-refractivity contribution >= 4 is 29.0 Å². The molecule has 0 saturated heterocycles. The fraction of sp³-hybridized carbons (Fsp3) is 0.286. The number of para-hydroxylation sites is 1. The molecule has 0 spiro atoms. The summed E-state index contributed by atoms with van der Waals surface area (Å²) in [5.74, 6) is -0.0778. The van der Waals surface area contributed by atoms with E-state index in [0.29, 0.717) is 23.0 Å². The Kier molecular flexibility index (Phi) is 3.91. The first-order chi connectivity index (χ1) is 11.0. The second-order valence-electron chi connectivity index (χ2n) is 5.15. The standard InChI is InChI=1S/C14H13ClN4O4/c1-9-7-18(11-4-2-3-10(15)14(11)23-9)13(20)8-17-6-5-12(16-17)19(21)22/h2-6,9H,7-8H2,1H3/t9-/m1/s1. The summed E-state index contributed by atoms with van der Waals surface area (Å²) >= 11 is 6.12. The van der Waals surface area contributed by atoms with Gasteiger partial charge in [-0.3, -0.25) is 4.79 Å². The molecule has 0 bridgehead atoms. The number of halogens is 1. The van der Waals surface area contributed by atoms with Crippen LogP contribution in [0.1, 0.15) is 6.92 Å². The van der Waals surface area contributed by atoms with Gasteiger partial charge in [0.05, 0.1) is 34.6 Å². The van der Waals surface area contributed by atoms with Gasteiger partial charge in [-0.1, -0.05) is 17.7 Å². The van der Waals surface area contributed by atoms with E-state index in [2.05, 4.69) is 5.10 Å². The van der Waals surface area contributed by atoms with Crippen LogP contribution in [0.3, 0.4) is 0 Å². The first-order valence-electron chi connectivity index (χ1n) is 6.89. The third-order valence-corrected chi connectivity index (χ3v) is 3.71. The fourth-order valence-corrected chi connectivity index (χ4v) is 2.63. The molecule has 0 fully saturated rings. The van der Waals surface area contributed by atoms with Gasteiger partial charge in [0, 0.05) is 0 Å². The number of carbonyl (C=O) groups is 1. The van der Waals surface area contributed by atoms with Gasteiger partial charge in [-0.2, -0.15) is 4.68 Å². The number of fused-ring (bicyclic) bond motifs is 1. The maximum Gasteiger partial charge on any atom is 0.389 e. The Labute approximate surface area is 136 Å². The van der Waals surface area contributed by atoms with E-state index in [9.17, 15) is 14.9 Å². The Hall–Kier alpha value is -2.61. The quantitative estimate of drug-likeness (QED) is 0.633. The molecule has 8 nitrogen and oxygen atoms in total. The molecule has 9 heteroatoms. The molecule has 1 aliphatic rings. The summed E-state index contributed by atoms with van der Waals surface area (Å²) in [6.07, 6.45) is 1.19. The van der Waals surface area contributed by atoms with Crippen molar-refractivity contribution in [3.05, 3.63) is 45.6 Å². The predicted octanol–water partition coefficient (Wildman–Crippen LogP) is 2.26. The van der Waals surface area contributed by atoms with Crippen molar-refractivity contribution in [2.24, 2.45) is 0 Å². The molecule has 2 heterocycles. The van der Waals surface area contributed by atoms with E-state index in [4.69, 9.17) is 16.3 Å². The zero-order chi connectivity index (χ0) is 16.6. The molecule has 1 amide bonds. The molecule has 0 radical (unpaired) electrons. The molecule has 0 N–H and O–H groups in total. The molecular formula is C14H13ClN4O4. The fourth-order valence-electron chi connectivity index (χ4n) is 2.42. The van der Waals surface area contributed by atoms with E-state index < -0.39 is 4.92 Å². The molecule has 0 saturated carbocycles. The summed E-state index contributed by atoms with van der Waals surface area (Å²) in [7, 11) is 0. The third-order valence-electron chi connectivity index (χ3n) is 3.41. The Morgan fingerprint density at radius 2 is 2.30 bits per heavy atom. The minimum Gasteiger partial charge on any atom is -0.485 e. The summed E-state index contributed by atoms with van der Waals surface area (Å²) in [6.45, 7) is 2.10. The van der Waals surface area contributed by atoms with E-state index in [-0.39, 0.29) is 24.4 Å². The van der Waals surface area contributed by atoms with Crippen LogP contribution in [0, 0.1) is 10.1 Å². The van der Waals surface area contributed by atoms with Gasteiger partial charge in [0.15, 0.2) is 5.75 Å². The van der Waals surface area contributed by atoms with Gasteiger partial charge in [-0.25, -0.2) is 0 Å². The molecular weight excluding hydrogens is 324 g/mol. The SMILES string of the molecule is C[C@@H]1CN(C(=O)Cn2ccc([N+](=O)[O-])n2)c2cccc(Cl)c2O1. The Balaban J connectivity index is 1.85. The molecule has 1 aromatic heterocycles. The van der Waals surface area contributed by atoms with Crippen molar-refractivity contribution < 1.29 is 14.5 Å². The minimum atomic E-state index is -0.604. The maximum atomic E-state index is 12.6. The Morgan fingerprint density at radius 3 is 3.00 bits per heavy atom. The molecule has 23 heavy (non-hydrogen) atoms. The number of amides is 1. The van der Waals surface area contributed by atoms with Crippen LogP contribution in [0.2, 0.25) is 5.02 Å². The van der Waals surface area contributed by atoms with Crippen molar-refractivity contribution in [1.29, 1.82) is 0 Å². The molecule has 2 aromatic rings. The normalized spacial score (nSPS) is 16.6. The molecule has 120 valence electrons. The van der Waals surface area contributed by atoms with E-state index in [1.54, 1.807) is 23.1 Å². The number of ether oxygens (including phenoxy) is 1. The highest BCUT2D eigenvalue weighted by molar-refractivity contribution is 6.32. The van der Waals surface area contributed by atoms with Gasteiger partial charge in [-0.05, 0) is 24.0 Å². The van der Waals surface area contributed by atoms with Gasteiger partial charge >= 0.3 is 5.82 Å². The lowest BCUT2D eigenvalue weighted by atomic mass is 10.2. The minimum absolute atomic E-state index is 0.105. The summed E-state index contributed by atoms with van der Waals surface area (Å²) < 4.78 is 6.93. The van der Waals surface area contributed by atoms with Crippen LogP contribution >= 0.6 is 11.6 Å². The predicted molar refractivity (Wildman–Crippen MR) is 82.8 cm³/mol. The monoisotopic (exact) mass is 336 g/mol. The van der Waals surface area contributed by atoms with Crippen molar-refractivity contribution in [2.75, 3.05) is 11.4 Å². The van der Waals surface area contributed by atoms with E-state index in [1.807, 2.05) is 6.92 Å². The number of aromatic nitrogens is 2. The van der Waals surface area contributed by atoms with Crippen molar-refractivity contribution in [3.8, 4) is 5.75 Å². The first-order valence-corrected chi connectivity index (χ1v) is 7.27. The molecule has 1 aromatic carbocycles. The highest BCUT2D eigenvalue weighted by atomic mass is 35.5. The lowest BCUT2D eigenvalue weighted by molar-refractivity contribution is -0.389. The molecule has 0 unspecified atom stereocenters. The van der Waals surface area contributed by atoms with E-state index in [1.165, 1.54) is 16.9 Å². The van der Waals surface area contributed by atoms with E-state index >= 15 is 0 Å². The van der Waals surface area contributed by atoms with Crippen LogP contribution in [0.5, 0.6) is 5.75 Å². The van der Waals surface area contributed by atoms with Gasteiger partial charge < -0.3 is 19.8 Å². The summed E-state index contributed by atoms with van der Waals surface area (Å²) in [4.78, 5) is 24.2. The second-order valence-corrected chi connectivity index (χ2v) is 5.56. The van der Waals surface area contributed by atoms with Crippen LogP contribution in [-0.2, 0) is 11.3 Å². The lowest BCUT2D eigenvalue weighted by Gasteiger charge is -2.33. The van der Waals surface area contributed by atoms with Gasteiger partial charge in [-0.15, -0.1) is 0 Å². The number of nitro groups is 1. The smallest absolute Gasteiger partial charge is 0.389 e. The number of benzene rings is 1. The average Bonchev–Trinajstić information content (AvgIpc) is 2.96. The van der Waals surface area contributed by atoms with Crippen LogP contribution in [0.4, 0.5) is 11.5 Å². The zero-order valence-electron chi connectivity index (χ0n) is 12.2. The number of carbonyl (C=O) groups excluding carboxylic acids is 1. The molecule has 0 aliphatic carbocycles. The Bertz CT molecular complexity index is 776. The lowest BCUT2D eigenvalue weighted by Crippen LogP contribution is -2.43. The first kappa shape index (κ1) is 15.3. The summed E-state index contributed by atoms with van der Waals surface area (Å²) in [6, 6.07) is 6.42. The van der Waals surface area contributed by atoms with Gasteiger partial charge in [0.2, 0.25) is 0 Å². The zero-order valence-corrected chi connectivity index (χ0v) is 12.9. The summed E-state index contributed by atoms with van der Waals surface area (Å²) in [5.41, 5.74) is 0.585. The second kappa shape index (κ2) is 5.88. The average molecular weight is 337 g/mol. The molecule has 1 aliphatic heterocycles. The van der Waals surface area contributed by atoms with Crippen LogP contribution in [0.25, 0.3) is 0 Å². The van der Waals surface area contributed by atoms with Crippen molar-refractivity contribution in [3.63, 3.8) is 0 Å². The van der Waals surface area contributed by atoms with Gasteiger partial charge in [0.25, 0.3) is 5.91 Å². The van der Waals surface area contributed by atoms with Crippen molar-refractivity contribution in [1.82, 2.24) is 9.78 Å². The molecule has 3 rings (SSSR count). The Morgan fingerprint density at radius 1 is 1.52 bits per heavy atom. The van der Waals surface area contributed by atoms with Crippen molar-refractivity contribution in [2.45, 2.75) is 19.6 Å². The highest BCUT2D eigenvalue weighted by Gasteiger charge is 2.29. The topological polar surface area (TPSA) is 90.5 Å². The van der Waals surface area contributed by atoms with Crippen LogP contribution in [0.15, 0.2) is 30.5 Å². The molecule has 1 atom stereocenters. The van der Waals surface area contributed by atoms with Gasteiger partial charge in [0.1, 0.15) is 12.6 Å². The van der Waals surface area contributed by atoms with Crippen LogP contribution in [-0.4, -0.2) is 33.3 Å². The van der Waals surface area contributed by atoms with E-state index in [0.717, 1.165) is 0 Å². The largest absolute Gasteiger partial charge is 0.485 e. The number of anilines is 1. The highest BCUT2D eigenvalue weighted by Crippen LogP contribution is 2.39. The number of nitrogens with zero attached hydrogens (tertiary/aromatic N) is 4. The maximum absolute atomic E-state index is 12.6. The number of hydrogen-bond acceptors (Lipinski definition) is 5. The summed E-state index contributed by atoms with van der Waals surface area (Å²) in [5, 5.41) is 14.8. The van der Waals surface area contributed by atoms with Crippen LogP contribution < -0.4 is 9.64 Å². The third kappa shape index (κ3) is 2.98. The number of hydrogen-bond donors (Lipinski definition) is 0. The number of rotatable bonds is 3.